The molecular formula is C18H22N8O. The Balaban J connectivity index is 1.27. The monoisotopic (exact) mass is 366 g/mol. The van der Waals surface area contributed by atoms with Crippen LogP contribution >= 0.6 is 0 Å². The average Bonchev–Trinajstić information content (AvgIpc) is 3.45. The number of aromatic nitrogens is 5. The Bertz CT molecular complexity index is 979. The summed E-state index contributed by atoms with van der Waals surface area (Å²) in [5, 5.41) is 13.1. The quantitative estimate of drug-likeness (QED) is 0.695. The normalized spacial score (nSPS) is 21.1. The Hall–Kier alpha value is -2.94. The maximum absolute atomic E-state index is 12.2. The molecule has 140 valence electrons. The highest BCUT2D eigenvalue weighted by Crippen LogP contribution is 2.26. The average molecular weight is 366 g/mol. The summed E-state index contributed by atoms with van der Waals surface area (Å²) in [5.41, 5.74) is 1.76. The molecule has 3 aromatic heterocycles. The fourth-order valence-electron chi connectivity index (χ4n) is 3.92. The van der Waals surface area contributed by atoms with Crippen molar-refractivity contribution in [2.24, 2.45) is 0 Å². The molecule has 2 saturated heterocycles. The lowest BCUT2D eigenvalue weighted by molar-refractivity contribution is 0.229. The molecule has 5 rings (SSSR count). The van der Waals surface area contributed by atoms with Gasteiger partial charge >= 0.3 is 6.03 Å². The smallest absolute Gasteiger partial charge is 0.324 e. The number of anilines is 1. The molecular weight excluding hydrogens is 344 g/mol. The van der Waals surface area contributed by atoms with Gasteiger partial charge in [0.05, 0.1) is 24.5 Å². The molecule has 0 spiro atoms. The number of hydrogen-bond acceptors (Lipinski definition) is 5. The summed E-state index contributed by atoms with van der Waals surface area (Å²) in [6.07, 6.45) is 6.83. The maximum atomic E-state index is 12.2. The molecule has 9 nitrogen and oxygen atoms in total. The van der Waals surface area contributed by atoms with E-state index in [9.17, 15) is 4.79 Å². The highest BCUT2D eigenvalue weighted by Gasteiger charge is 2.30. The zero-order valence-electron chi connectivity index (χ0n) is 15.3. The fraction of sp³-hybridized carbons (Fsp3) is 0.444. The van der Waals surface area contributed by atoms with E-state index in [1.807, 2.05) is 46.7 Å². The molecule has 1 unspecified atom stereocenters. The SMILES string of the molecule is CN1CCN(c2cnn(C3CCN(Cc4nnc5ccccn45)C3)c2)C1=O. The molecule has 2 aliphatic heterocycles. The first-order chi connectivity index (χ1) is 13.2. The van der Waals surface area contributed by atoms with Crippen molar-refractivity contribution >= 4 is 17.4 Å². The number of carbonyl (C=O) groups is 1. The van der Waals surface area contributed by atoms with Gasteiger partial charge in [0.25, 0.3) is 0 Å². The molecule has 1 atom stereocenters. The number of rotatable bonds is 4. The third-order valence-electron chi connectivity index (χ3n) is 5.49. The van der Waals surface area contributed by atoms with Crippen molar-refractivity contribution in [3.63, 3.8) is 0 Å². The van der Waals surface area contributed by atoms with E-state index >= 15 is 0 Å². The summed E-state index contributed by atoms with van der Waals surface area (Å²) in [5.74, 6) is 0.957. The summed E-state index contributed by atoms with van der Waals surface area (Å²) < 4.78 is 4.04. The Morgan fingerprint density at radius 3 is 2.96 bits per heavy atom. The first kappa shape index (κ1) is 16.2. The van der Waals surface area contributed by atoms with Gasteiger partial charge in [-0.3, -0.25) is 18.9 Å². The van der Waals surface area contributed by atoms with Crippen LogP contribution in [0.15, 0.2) is 36.8 Å². The molecule has 27 heavy (non-hydrogen) atoms. The van der Waals surface area contributed by atoms with E-state index in [2.05, 4.69) is 20.2 Å². The lowest BCUT2D eigenvalue weighted by atomic mass is 10.3. The molecule has 2 amide bonds. The number of amides is 2. The molecule has 9 heteroatoms. The Morgan fingerprint density at radius 1 is 1.19 bits per heavy atom. The molecule has 0 bridgehead atoms. The van der Waals surface area contributed by atoms with Gasteiger partial charge in [-0.15, -0.1) is 10.2 Å². The van der Waals surface area contributed by atoms with Gasteiger partial charge in [-0.2, -0.15) is 5.10 Å². The van der Waals surface area contributed by atoms with E-state index in [-0.39, 0.29) is 6.03 Å². The number of pyridine rings is 1. The predicted octanol–water partition coefficient (Wildman–Crippen LogP) is 1.24. The Morgan fingerprint density at radius 2 is 2.11 bits per heavy atom. The fourth-order valence-corrected chi connectivity index (χ4v) is 3.92. The van der Waals surface area contributed by atoms with Gasteiger partial charge in [0, 0.05) is 45.6 Å². The summed E-state index contributed by atoms with van der Waals surface area (Å²) >= 11 is 0. The molecule has 0 aromatic carbocycles. The van der Waals surface area contributed by atoms with Crippen molar-refractivity contribution in [3.05, 3.63) is 42.6 Å². The third-order valence-corrected chi connectivity index (χ3v) is 5.49. The minimum Gasteiger partial charge on any atom is -0.326 e. The number of hydrogen-bond donors (Lipinski definition) is 0. The van der Waals surface area contributed by atoms with Crippen LogP contribution < -0.4 is 4.90 Å². The zero-order valence-corrected chi connectivity index (χ0v) is 15.3. The van der Waals surface area contributed by atoms with Crippen LogP contribution in [0.2, 0.25) is 0 Å². The van der Waals surface area contributed by atoms with Gasteiger partial charge in [-0.25, -0.2) is 4.79 Å². The summed E-state index contributed by atoms with van der Waals surface area (Å²) in [6, 6.07) is 6.29. The van der Waals surface area contributed by atoms with Crippen LogP contribution in [-0.2, 0) is 6.54 Å². The molecule has 2 fully saturated rings. The van der Waals surface area contributed by atoms with Crippen LogP contribution in [0.25, 0.3) is 5.65 Å². The second-order valence-corrected chi connectivity index (χ2v) is 7.26. The Kier molecular flexibility index (Phi) is 3.82. The number of carbonyl (C=O) groups excluding carboxylic acids is 1. The van der Waals surface area contributed by atoms with Crippen molar-refractivity contribution in [1.82, 2.24) is 34.2 Å². The van der Waals surface area contributed by atoms with Crippen LogP contribution in [-0.4, -0.2) is 73.4 Å². The van der Waals surface area contributed by atoms with E-state index in [1.54, 1.807) is 16.0 Å². The highest BCUT2D eigenvalue weighted by molar-refractivity contribution is 5.93. The van der Waals surface area contributed by atoms with Gasteiger partial charge in [-0.1, -0.05) is 6.07 Å². The third kappa shape index (κ3) is 2.84. The second-order valence-electron chi connectivity index (χ2n) is 7.26. The van der Waals surface area contributed by atoms with Crippen LogP contribution in [0.1, 0.15) is 18.3 Å². The standard InChI is InChI=1S/C18H22N8O/c1-22-8-9-24(18(22)27)15-10-19-26(12-15)14-5-7-23(11-14)13-17-21-20-16-4-2-3-6-25(16)17/h2-4,6,10,12,14H,5,7-9,11,13H2,1H3. The lowest BCUT2D eigenvalue weighted by Crippen LogP contribution is -2.28. The van der Waals surface area contributed by atoms with Gasteiger partial charge in [0.15, 0.2) is 11.5 Å². The molecule has 2 aliphatic rings. The van der Waals surface area contributed by atoms with Crippen molar-refractivity contribution in [1.29, 1.82) is 0 Å². The van der Waals surface area contributed by atoms with Crippen LogP contribution in [0.3, 0.4) is 0 Å². The van der Waals surface area contributed by atoms with Crippen molar-refractivity contribution in [2.75, 3.05) is 38.1 Å². The summed E-state index contributed by atoms with van der Waals surface area (Å²) in [7, 11) is 1.83. The number of urea groups is 1. The predicted molar refractivity (Wildman–Crippen MR) is 99.5 cm³/mol. The molecule has 5 heterocycles. The minimum absolute atomic E-state index is 0.0429. The Labute approximate surface area is 156 Å². The van der Waals surface area contributed by atoms with Gasteiger partial charge in [-0.05, 0) is 18.6 Å². The summed E-state index contributed by atoms with van der Waals surface area (Å²) in [4.78, 5) is 18.1. The lowest BCUT2D eigenvalue weighted by Gasteiger charge is -2.15. The number of nitrogens with zero attached hydrogens (tertiary/aromatic N) is 8. The van der Waals surface area contributed by atoms with Gasteiger partial charge in [0.2, 0.25) is 0 Å². The molecule has 0 saturated carbocycles. The number of fused-ring (bicyclic) bond motifs is 1. The molecule has 0 N–H and O–H groups in total. The highest BCUT2D eigenvalue weighted by atomic mass is 16.2. The van der Waals surface area contributed by atoms with Crippen LogP contribution in [0.5, 0.6) is 0 Å². The second kappa shape index (κ2) is 6.34. The van der Waals surface area contributed by atoms with Gasteiger partial charge < -0.3 is 4.90 Å². The molecule has 0 aliphatic carbocycles. The van der Waals surface area contributed by atoms with E-state index in [4.69, 9.17) is 0 Å². The summed E-state index contributed by atoms with van der Waals surface area (Å²) in [6.45, 7) is 4.15. The van der Waals surface area contributed by atoms with E-state index in [1.165, 1.54) is 0 Å². The van der Waals surface area contributed by atoms with E-state index in [0.717, 1.165) is 56.3 Å². The minimum atomic E-state index is 0.0429. The number of likely N-dealkylation sites (N-methyl/N-ethyl adjacent to an activating group) is 1. The largest absolute Gasteiger partial charge is 0.326 e. The topological polar surface area (TPSA) is 74.8 Å². The number of likely N-dealkylation sites (tertiary alicyclic amines) is 1. The van der Waals surface area contributed by atoms with E-state index in [0.29, 0.717) is 6.04 Å². The van der Waals surface area contributed by atoms with Crippen molar-refractivity contribution < 1.29 is 4.79 Å². The first-order valence-corrected chi connectivity index (χ1v) is 9.27. The first-order valence-electron chi connectivity index (χ1n) is 9.27. The zero-order chi connectivity index (χ0) is 18.4. The molecule has 3 aromatic rings. The van der Waals surface area contributed by atoms with Crippen LogP contribution in [0, 0.1) is 0 Å². The van der Waals surface area contributed by atoms with Gasteiger partial charge in [0.1, 0.15) is 0 Å². The van der Waals surface area contributed by atoms with Crippen LogP contribution in [0.4, 0.5) is 10.5 Å². The van der Waals surface area contributed by atoms with Crippen molar-refractivity contribution in [3.8, 4) is 0 Å². The molecule has 0 radical (unpaired) electrons. The van der Waals surface area contributed by atoms with Crippen molar-refractivity contribution in [2.45, 2.75) is 19.0 Å². The van der Waals surface area contributed by atoms with E-state index < -0.39 is 0 Å². The maximum Gasteiger partial charge on any atom is 0.324 e.